The van der Waals surface area contributed by atoms with E-state index in [1.807, 2.05) is 18.2 Å². The molecule has 0 bridgehead atoms. The molecule has 110 valence electrons. The van der Waals surface area contributed by atoms with Crippen molar-refractivity contribution in [1.82, 2.24) is 14.9 Å². The number of hydrogen-bond donors (Lipinski definition) is 0. The van der Waals surface area contributed by atoms with Crippen LogP contribution in [-0.2, 0) is 0 Å². The molecule has 1 aromatic carbocycles. The molecule has 5 heteroatoms. The highest BCUT2D eigenvalue weighted by molar-refractivity contribution is 6.28. The number of para-hydroxylation sites is 1. The topological polar surface area (TPSA) is 32.3 Å². The normalized spacial score (nSPS) is 23.3. The maximum atomic E-state index is 6.12. The molecule has 1 aromatic heterocycles. The van der Waals surface area contributed by atoms with Crippen LogP contribution in [0, 0.1) is 0 Å². The summed E-state index contributed by atoms with van der Waals surface area (Å²) in [5, 5.41) is 1.45. The second-order valence-corrected chi connectivity index (χ2v) is 6.30. The predicted molar refractivity (Wildman–Crippen MR) is 86.0 cm³/mol. The maximum Gasteiger partial charge on any atom is 0.224 e. The average molecular weight is 303 g/mol. The first-order valence-electron chi connectivity index (χ1n) is 7.72. The van der Waals surface area contributed by atoms with Gasteiger partial charge in [0.25, 0.3) is 0 Å². The summed E-state index contributed by atoms with van der Waals surface area (Å²) in [6.07, 6.45) is 3.99. The van der Waals surface area contributed by atoms with E-state index in [9.17, 15) is 0 Å². The summed E-state index contributed by atoms with van der Waals surface area (Å²) in [7, 11) is 0. The van der Waals surface area contributed by atoms with Crippen molar-refractivity contribution in [3.05, 3.63) is 29.5 Å². The Morgan fingerprint density at radius 2 is 1.95 bits per heavy atom. The first kappa shape index (κ1) is 13.3. The third-order valence-electron chi connectivity index (χ3n) is 4.69. The van der Waals surface area contributed by atoms with E-state index in [2.05, 4.69) is 25.8 Å². The van der Waals surface area contributed by atoms with Crippen LogP contribution in [0.1, 0.15) is 19.3 Å². The van der Waals surface area contributed by atoms with Crippen molar-refractivity contribution in [2.75, 3.05) is 31.1 Å². The number of hydrogen-bond acceptors (Lipinski definition) is 4. The number of benzene rings is 1. The molecular weight excluding hydrogens is 284 g/mol. The summed E-state index contributed by atoms with van der Waals surface area (Å²) in [6.45, 7) is 4.45. The Morgan fingerprint density at radius 1 is 1.05 bits per heavy atom. The van der Waals surface area contributed by atoms with Crippen molar-refractivity contribution in [3.8, 4) is 0 Å². The Kier molecular flexibility index (Phi) is 3.43. The number of rotatable bonds is 1. The van der Waals surface area contributed by atoms with E-state index in [4.69, 9.17) is 11.6 Å². The van der Waals surface area contributed by atoms with E-state index < -0.39 is 0 Å². The molecule has 1 unspecified atom stereocenters. The van der Waals surface area contributed by atoms with Crippen LogP contribution in [0.15, 0.2) is 24.3 Å². The first-order valence-corrected chi connectivity index (χ1v) is 8.10. The number of piperazine rings is 1. The minimum Gasteiger partial charge on any atom is -0.353 e. The Labute approximate surface area is 129 Å². The standard InChI is InChI=1S/C16H19ClN4/c17-16-18-14-7-2-1-6-13(14)15(19-16)21-10-9-20-8-4-3-5-12(20)11-21/h1-2,6-7,12H,3-5,8-11H2. The monoisotopic (exact) mass is 302 g/mol. The van der Waals surface area contributed by atoms with Crippen molar-refractivity contribution < 1.29 is 0 Å². The molecule has 21 heavy (non-hydrogen) atoms. The second-order valence-electron chi connectivity index (χ2n) is 5.96. The Hall–Kier alpha value is -1.39. The number of nitrogens with zero attached hydrogens (tertiary/aromatic N) is 4. The molecular formula is C16H19ClN4. The number of aromatic nitrogens is 2. The van der Waals surface area contributed by atoms with Crippen molar-refractivity contribution in [3.63, 3.8) is 0 Å². The summed E-state index contributed by atoms with van der Waals surface area (Å²) in [5.41, 5.74) is 0.929. The van der Waals surface area contributed by atoms with E-state index in [1.165, 1.54) is 25.8 Å². The highest BCUT2D eigenvalue weighted by Crippen LogP contribution is 2.29. The largest absolute Gasteiger partial charge is 0.353 e. The molecule has 0 amide bonds. The van der Waals surface area contributed by atoms with Crippen molar-refractivity contribution in [1.29, 1.82) is 0 Å². The zero-order valence-electron chi connectivity index (χ0n) is 12.0. The smallest absolute Gasteiger partial charge is 0.224 e. The second kappa shape index (κ2) is 5.43. The zero-order chi connectivity index (χ0) is 14.2. The third kappa shape index (κ3) is 2.47. The van der Waals surface area contributed by atoms with Crippen LogP contribution in [0.5, 0.6) is 0 Å². The molecule has 4 nitrogen and oxygen atoms in total. The van der Waals surface area contributed by atoms with Crippen molar-refractivity contribution in [2.24, 2.45) is 0 Å². The zero-order valence-corrected chi connectivity index (χ0v) is 12.8. The van der Waals surface area contributed by atoms with Gasteiger partial charge in [-0.15, -0.1) is 0 Å². The van der Waals surface area contributed by atoms with Crippen molar-refractivity contribution in [2.45, 2.75) is 25.3 Å². The van der Waals surface area contributed by atoms with Crippen LogP contribution in [0.4, 0.5) is 5.82 Å². The number of piperidine rings is 1. The molecule has 0 aliphatic carbocycles. The van der Waals surface area contributed by atoms with Gasteiger partial charge in [-0.05, 0) is 43.1 Å². The molecule has 0 saturated carbocycles. The molecule has 4 rings (SSSR count). The van der Waals surface area contributed by atoms with Gasteiger partial charge in [0.05, 0.1) is 5.52 Å². The minimum absolute atomic E-state index is 0.342. The number of fused-ring (bicyclic) bond motifs is 2. The molecule has 2 fully saturated rings. The van der Waals surface area contributed by atoms with E-state index in [0.717, 1.165) is 36.4 Å². The molecule has 0 radical (unpaired) electrons. The fourth-order valence-electron chi connectivity index (χ4n) is 3.62. The lowest BCUT2D eigenvalue weighted by Crippen LogP contribution is -2.55. The van der Waals surface area contributed by atoms with Gasteiger partial charge in [-0.3, -0.25) is 4.90 Å². The molecule has 0 N–H and O–H groups in total. The van der Waals surface area contributed by atoms with Crippen LogP contribution in [-0.4, -0.2) is 47.1 Å². The number of halogens is 1. The molecule has 0 spiro atoms. The SMILES string of the molecule is Clc1nc(N2CCN3CCCCC3C2)c2ccccc2n1. The first-order chi connectivity index (χ1) is 10.3. The fourth-order valence-corrected chi connectivity index (χ4v) is 3.79. The molecule has 1 atom stereocenters. The van der Waals surface area contributed by atoms with E-state index in [1.54, 1.807) is 0 Å². The maximum absolute atomic E-state index is 6.12. The van der Waals surface area contributed by atoms with Crippen LogP contribution < -0.4 is 4.90 Å². The lowest BCUT2D eigenvalue weighted by atomic mass is 9.99. The third-order valence-corrected chi connectivity index (χ3v) is 4.86. The summed E-state index contributed by atoms with van der Waals surface area (Å²) < 4.78 is 0. The van der Waals surface area contributed by atoms with Crippen LogP contribution in [0.25, 0.3) is 10.9 Å². The molecule has 2 saturated heterocycles. The fraction of sp³-hybridized carbons (Fsp3) is 0.500. The lowest BCUT2D eigenvalue weighted by Gasteiger charge is -2.44. The Balaban J connectivity index is 1.70. The van der Waals surface area contributed by atoms with E-state index in [0.29, 0.717) is 11.3 Å². The van der Waals surface area contributed by atoms with Gasteiger partial charge in [-0.2, -0.15) is 4.98 Å². The summed E-state index contributed by atoms with van der Waals surface area (Å²) in [6, 6.07) is 8.80. The van der Waals surface area contributed by atoms with E-state index >= 15 is 0 Å². The summed E-state index contributed by atoms with van der Waals surface area (Å²) >= 11 is 6.12. The summed E-state index contributed by atoms with van der Waals surface area (Å²) in [5.74, 6) is 0.996. The molecule has 2 aliphatic heterocycles. The van der Waals surface area contributed by atoms with Crippen molar-refractivity contribution >= 4 is 28.3 Å². The molecule has 2 aromatic rings. The Morgan fingerprint density at radius 3 is 2.90 bits per heavy atom. The minimum atomic E-state index is 0.342. The average Bonchev–Trinajstić information content (AvgIpc) is 2.53. The predicted octanol–water partition coefficient (Wildman–Crippen LogP) is 2.96. The van der Waals surface area contributed by atoms with Gasteiger partial charge >= 0.3 is 0 Å². The number of anilines is 1. The van der Waals surface area contributed by atoms with Gasteiger partial charge in [-0.25, -0.2) is 4.98 Å². The molecule has 2 aliphatic rings. The van der Waals surface area contributed by atoms with Crippen LogP contribution in [0.2, 0.25) is 5.28 Å². The van der Waals surface area contributed by atoms with Gasteiger partial charge in [0.15, 0.2) is 0 Å². The van der Waals surface area contributed by atoms with Gasteiger partial charge in [0, 0.05) is 31.1 Å². The van der Waals surface area contributed by atoms with Crippen LogP contribution >= 0.6 is 11.6 Å². The van der Waals surface area contributed by atoms with E-state index in [-0.39, 0.29) is 0 Å². The van der Waals surface area contributed by atoms with Gasteiger partial charge in [0.2, 0.25) is 5.28 Å². The Bertz CT molecular complexity index is 660. The van der Waals surface area contributed by atoms with Gasteiger partial charge < -0.3 is 4.90 Å². The highest BCUT2D eigenvalue weighted by Gasteiger charge is 2.30. The van der Waals surface area contributed by atoms with Gasteiger partial charge in [-0.1, -0.05) is 18.6 Å². The highest BCUT2D eigenvalue weighted by atomic mass is 35.5. The summed E-state index contributed by atoms with van der Waals surface area (Å²) in [4.78, 5) is 13.9. The quantitative estimate of drug-likeness (QED) is 0.758. The molecule has 3 heterocycles. The van der Waals surface area contributed by atoms with Gasteiger partial charge in [0.1, 0.15) is 5.82 Å². The van der Waals surface area contributed by atoms with Crippen LogP contribution in [0.3, 0.4) is 0 Å². The lowest BCUT2D eigenvalue weighted by molar-refractivity contribution is 0.133.